The highest BCUT2D eigenvalue weighted by Crippen LogP contribution is 2.31. The molecule has 2 aromatic carbocycles. The van der Waals surface area contributed by atoms with Crippen LogP contribution in [0.1, 0.15) is 35.1 Å². The predicted octanol–water partition coefficient (Wildman–Crippen LogP) is 4.04. The standard InChI is InChI=1S/C22H19F3N2O3/c23-22(24,25)17-8-6-16(7-9-17)19(21(29)26-18-10-11-18)13-15-3-1-14(2-4-15)5-12-20(28)27-30/h1-9,12-13,18,30H,10-11H2,(H,26,29)(H,27,28). The molecule has 0 bridgehead atoms. The largest absolute Gasteiger partial charge is 0.416 e. The minimum atomic E-state index is -4.45. The van der Waals surface area contributed by atoms with E-state index in [4.69, 9.17) is 5.21 Å². The number of rotatable bonds is 6. The summed E-state index contributed by atoms with van der Waals surface area (Å²) in [5.41, 5.74) is 2.70. The highest BCUT2D eigenvalue weighted by Gasteiger charge is 2.30. The van der Waals surface area contributed by atoms with Gasteiger partial charge in [-0.2, -0.15) is 13.2 Å². The van der Waals surface area contributed by atoms with E-state index in [9.17, 15) is 22.8 Å². The van der Waals surface area contributed by atoms with Crippen molar-refractivity contribution in [2.45, 2.75) is 25.1 Å². The van der Waals surface area contributed by atoms with E-state index in [1.165, 1.54) is 23.7 Å². The zero-order valence-corrected chi connectivity index (χ0v) is 15.7. The van der Waals surface area contributed by atoms with E-state index in [2.05, 4.69) is 5.32 Å². The van der Waals surface area contributed by atoms with Crippen LogP contribution in [0.4, 0.5) is 13.2 Å². The summed E-state index contributed by atoms with van der Waals surface area (Å²) < 4.78 is 38.5. The van der Waals surface area contributed by atoms with Crippen LogP contribution in [-0.2, 0) is 15.8 Å². The zero-order chi connectivity index (χ0) is 21.7. The first-order valence-electron chi connectivity index (χ1n) is 9.18. The molecule has 0 radical (unpaired) electrons. The average molecular weight is 416 g/mol. The Morgan fingerprint density at radius 1 is 0.967 bits per heavy atom. The van der Waals surface area contributed by atoms with Crippen molar-refractivity contribution in [2.75, 3.05) is 0 Å². The average Bonchev–Trinajstić information content (AvgIpc) is 3.54. The van der Waals surface area contributed by atoms with E-state index in [1.54, 1.807) is 30.3 Å². The van der Waals surface area contributed by atoms with Gasteiger partial charge in [-0.05, 0) is 53.8 Å². The predicted molar refractivity (Wildman–Crippen MR) is 106 cm³/mol. The van der Waals surface area contributed by atoms with Crippen molar-refractivity contribution in [3.8, 4) is 0 Å². The Labute approximate surface area is 170 Å². The van der Waals surface area contributed by atoms with Gasteiger partial charge in [0.2, 0.25) is 0 Å². The molecule has 2 aromatic rings. The molecule has 0 aliphatic heterocycles. The smallest absolute Gasteiger partial charge is 0.349 e. The lowest BCUT2D eigenvalue weighted by molar-refractivity contribution is -0.137. The normalized spacial score (nSPS) is 14.6. The number of alkyl halides is 3. The Morgan fingerprint density at radius 3 is 2.10 bits per heavy atom. The summed E-state index contributed by atoms with van der Waals surface area (Å²) in [6, 6.07) is 11.4. The van der Waals surface area contributed by atoms with Gasteiger partial charge in [0.25, 0.3) is 11.8 Å². The van der Waals surface area contributed by atoms with Crippen molar-refractivity contribution in [3.05, 3.63) is 76.9 Å². The molecule has 0 saturated heterocycles. The quantitative estimate of drug-likeness (QED) is 0.288. The lowest BCUT2D eigenvalue weighted by Crippen LogP contribution is -2.26. The number of hydroxylamine groups is 1. The second-order valence-corrected chi connectivity index (χ2v) is 6.86. The Hall–Kier alpha value is -3.39. The summed E-state index contributed by atoms with van der Waals surface area (Å²) >= 11 is 0. The van der Waals surface area contributed by atoms with E-state index in [-0.39, 0.29) is 17.5 Å². The van der Waals surface area contributed by atoms with E-state index in [0.717, 1.165) is 31.1 Å². The molecule has 8 heteroatoms. The third-order valence-corrected chi connectivity index (χ3v) is 4.47. The van der Waals surface area contributed by atoms with Gasteiger partial charge in [-0.15, -0.1) is 0 Å². The van der Waals surface area contributed by atoms with Gasteiger partial charge in [0.1, 0.15) is 0 Å². The van der Waals surface area contributed by atoms with Crippen LogP contribution in [0.15, 0.2) is 54.6 Å². The lowest BCUT2D eigenvalue weighted by Gasteiger charge is -2.11. The molecular formula is C22H19F3N2O3. The molecule has 0 aromatic heterocycles. The molecule has 1 saturated carbocycles. The van der Waals surface area contributed by atoms with Crippen LogP contribution >= 0.6 is 0 Å². The molecule has 0 spiro atoms. The van der Waals surface area contributed by atoms with Crippen LogP contribution in [-0.4, -0.2) is 23.1 Å². The maximum atomic E-state index is 12.8. The van der Waals surface area contributed by atoms with Crippen molar-refractivity contribution in [1.29, 1.82) is 0 Å². The number of halogens is 3. The fraction of sp³-hybridized carbons (Fsp3) is 0.182. The van der Waals surface area contributed by atoms with Crippen LogP contribution < -0.4 is 10.8 Å². The highest BCUT2D eigenvalue weighted by atomic mass is 19.4. The summed E-state index contributed by atoms with van der Waals surface area (Å²) in [6.45, 7) is 0. The van der Waals surface area contributed by atoms with Gasteiger partial charge in [-0.1, -0.05) is 36.4 Å². The molecule has 30 heavy (non-hydrogen) atoms. The Balaban J connectivity index is 1.88. The number of benzene rings is 2. The molecule has 156 valence electrons. The number of carbonyl (C=O) groups is 2. The Morgan fingerprint density at radius 2 is 1.57 bits per heavy atom. The van der Waals surface area contributed by atoms with E-state index < -0.39 is 17.6 Å². The summed E-state index contributed by atoms with van der Waals surface area (Å²) in [5.74, 6) is -1.01. The molecule has 3 rings (SSSR count). The number of hydrogen-bond acceptors (Lipinski definition) is 3. The van der Waals surface area contributed by atoms with Gasteiger partial charge in [-0.3, -0.25) is 14.8 Å². The van der Waals surface area contributed by atoms with Crippen molar-refractivity contribution in [2.24, 2.45) is 0 Å². The first-order valence-corrected chi connectivity index (χ1v) is 9.18. The zero-order valence-electron chi connectivity index (χ0n) is 15.7. The van der Waals surface area contributed by atoms with Crippen LogP contribution in [0, 0.1) is 0 Å². The second kappa shape index (κ2) is 8.96. The molecule has 0 unspecified atom stereocenters. The molecule has 5 nitrogen and oxygen atoms in total. The minimum absolute atomic E-state index is 0.0977. The summed E-state index contributed by atoms with van der Waals surface area (Å²) in [7, 11) is 0. The molecule has 2 amide bonds. The van der Waals surface area contributed by atoms with Crippen LogP contribution in [0.25, 0.3) is 17.7 Å². The monoisotopic (exact) mass is 416 g/mol. The third kappa shape index (κ3) is 5.81. The maximum absolute atomic E-state index is 12.8. The molecular weight excluding hydrogens is 397 g/mol. The fourth-order valence-electron chi connectivity index (χ4n) is 2.69. The molecule has 1 aliphatic carbocycles. The lowest BCUT2D eigenvalue weighted by atomic mass is 10.00. The number of hydrogen-bond donors (Lipinski definition) is 3. The Kier molecular flexibility index (Phi) is 6.37. The fourth-order valence-corrected chi connectivity index (χ4v) is 2.69. The van der Waals surface area contributed by atoms with Gasteiger partial charge in [0, 0.05) is 17.7 Å². The number of amides is 2. The van der Waals surface area contributed by atoms with Crippen LogP contribution in [0.5, 0.6) is 0 Å². The van der Waals surface area contributed by atoms with E-state index >= 15 is 0 Å². The van der Waals surface area contributed by atoms with Crippen molar-refractivity contribution in [3.63, 3.8) is 0 Å². The van der Waals surface area contributed by atoms with E-state index in [0.29, 0.717) is 16.7 Å². The van der Waals surface area contributed by atoms with Crippen LogP contribution in [0.2, 0.25) is 0 Å². The summed E-state index contributed by atoms with van der Waals surface area (Å²) in [4.78, 5) is 23.7. The first-order chi connectivity index (χ1) is 14.3. The molecule has 0 heterocycles. The summed E-state index contributed by atoms with van der Waals surface area (Å²) in [5, 5.41) is 11.3. The molecule has 1 aliphatic rings. The topological polar surface area (TPSA) is 78.4 Å². The van der Waals surface area contributed by atoms with Crippen molar-refractivity contribution in [1.82, 2.24) is 10.8 Å². The number of carbonyl (C=O) groups excluding carboxylic acids is 2. The molecule has 0 atom stereocenters. The third-order valence-electron chi connectivity index (χ3n) is 4.47. The Bertz CT molecular complexity index is 974. The van der Waals surface area contributed by atoms with Gasteiger partial charge < -0.3 is 5.32 Å². The first kappa shape index (κ1) is 21.3. The van der Waals surface area contributed by atoms with Gasteiger partial charge in [0.15, 0.2) is 0 Å². The van der Waals surface area contributed by atoms with Crippen molar-refractivity contribution < 1.29 is 28.0 Å². The van der Waals surface area contributed by atoms with Crippen molar-refractivity contribution >= 4 is 29.5 Å². The van der Waals surface area contributed by atoms with Gasteiger partial charge >= 0.3 is 6.18 Å². The van der Waals surface area contributed by atoms with E-state index in [1.807, 2.05) is 0 Å². The van der Waals surface area contributed by atoms with Gasteiger partial charge in [0.05, 0.1) is 5.56 Å². The highest BCUT2D eigenvalue weighted by molar-refractivity contribution is 6.24. The second-order valence-electron chi connectivity index (χ2n) is 6.86. The number of nitrogens with one attached hydrogen (secondary N) is 2. The maximum Gasteiger partial charge on any atom is 0.416 e. The van der Waals surface area contributed by atoms with Crippen LogP contribution in [0.3, 0.4) is 0 Å². The molecule has 3 N–H and O–H groups in total. The molecule has 1 fully saturated rings. The summed E-state index contributed by atoms with van der Waals surface area (Å²) in [6.07, 6.45) is 1.57. The van der Waals surface area contributed by atoms with Gasteiger partial charge in [-0.25, -0.2) is 5.48 Å². The minimum Gasteiger partial charge on any atom is -0.349 e. The SMILES string of the molecule is O=C(C=Cc1ccc(C=C(C(=O)NC2CC2)c2ccc(C(F)(F)F)cc2)cc1)NO.